The van der Waals surface area contributed by atoms with Crippen molar-refractivity contribution in [2.45, 2.75) is 217 Å². The quantitative estimate of drug-likeness (QED) is 0.0946. The van der Waals surface area contributed by atoms with Gasteiger partial charge in [-0.2, -0.15) is 0 Å². The number of aliphatic hydroxyl groups excluding tert-OH is 11. The molecular weight excluding hydrogens is 836 g/mol. The Hall–Kier alpha value is -0.940. The molecular formula is C47H80O17. The van der Waals surface area contributed by atoms with Gasteiger partial charge in [0.15, 0.2) is 18.9 Å². The minimum Gasteiger partial charge on any atom is -0.394 e. The highest BCUT2D eigenvalue weighted by Crippen LogP contribution is 2.76. The first-order valence-corrected chi connectivity index (χ1v) is 23.8. The Balaban J connectivity index is 1.11. The Morgan fingerprint density at radius 2 is 1.28 bits per heavy atom. The first-order chi connectivity index (χ1) is 29.9. The molecule has 370 valence electrons. The van der Waals surface area contributed by atoms with Crippen molar-refractivity contribution < 1.29 is 84.6 Å². The molecule has 0 aromatic rings. The SMILES string of the molecule is CC(C)=CCC[C@](C)(O[C@@H]1O[C@H](CO[C@@H]2OC[C@@H](O)[C@H](O)[C@H]2O)[C@@H](O)[C@H](O)[C@H]1O)[C@H]1CC[C@]2(C)[C@@H]1C(O)C[C@@H]1[C@@]3(C)CCC(O[C@@H]4O[C@H](CO)[C@@H](O)[C@H](O)[C@H]4O)C(C)(C)[C@@H]3CC[C@]12C. The van der Waals surface area contributed by atoms with Crippen LogP contribution in [-0.4, -0.2) is 180 Å². The molecule has 7 aliphatic rings. The molecule has 4 aliphatic carbocycles. The maximum absolute atomic E-state index is 12.7. The molecule has 7 fully saturated rings. The van der Waals surface area contributed by atoms with Crippen LogP contribution in [0.3, 0.4) is 0 Å². The van der Waals surface area contributed by atoms with E-state index in [0.29, 0.717) is 25.7 Å². The normalized spacial score (nSPS) is 52.5. The van der Waals surface area contributed by atoms with Crippen LogP contribution < -0.4 is 0 Å². The zero-order valence-corrected chi connectivity index (χ0v) is 39.0. The average molecular weight is 917 g/mol. The third-order valence-corrected chi connectivity index (χ3v) is 18.4. The van der Waals surface area contributed by atoms with E-state index < -0.39 is 116 Å². The van der Waals surface area contributed by atoms with Gasteiger partial charge in [-0.05, 0) is 124 Å². The van der Waals surface area contributed by atoms with Gasteiger partial charge in [-0.3, -0.25) is 0 Å². The molecule has 0 aromatic heterocycles. The van der Waals surface area contributed by atoms with E-state index in [1.165, 1.54) is 0 Å². The molecule has 17 nitrogen and oxygen atoms in total. The minimum absolute atomic E-state index is 0.149. The van der Waals surface area contributed by atoms with Gasteiger partial charge in [-0.1, -0.05) is 46.3 Å². The fraction of sp³-hybridized carbons (Fsp3) is 0.957. The standard InChI is InChI=1S/C47H80O17/c1-22(2)10-9-14-47(8,64-42-39(58)36(55)34(53)27(62-42)21-60-40-37(56)32(51)25(50)20-59-40)23-11-16-46(7)31(23)24(49)18-29-44(5)15-13-30(43(3,4)28(44)12-17-45(29,46)6)63-41-38(57)35(54)33(52)26(19-48)61-41/h10,23-42,48-58H,9,11-21H2,1-8H3/t23-,24?,25+,26+,27+,28-,29+,30?,31-,32-,33+,34+,35-,36-,37+,38+,39+,40-,41-,42-,44-,45+,46+,47-/m0/s1. The molecule has 0 aromatic carbocycles. The van der Waals surface area contributed by atoms with Gasteiger partial charge in [0.1, 0.15) is 67.1 Å². The molecule has 4 saturated carbocycles. The molecule has 7 rings (SSSR count). The zero-order chi connectivity index (χ0) is 47.1. The predicted molar refractivity (Wildman–Crippen MR) is 228 cm³/mol. The molecule has 11 N–H and O–H groups in total. The number of hydrogen-bond acceptors (Lipinski definition) is 17. The van der Waals surface area contributed by atoms with Crippen LogP contribution in [0.15, 0.2) is 11.6 Å². The van der Waals surface area contributed by atoms with Crippen LogP contribution in [-0.2, 0) is 28.4 Å². The molecule has 24 atom stereocenters. The Bertz CT molecular complexity index is 1630. The summed E-state index contributed by atoms with van der Waals surface area (Å²) >= 11 is 0. The highest BCUT2D eigenvalue weighted by atomic mass is 16.7. The first-order valence-electron chi connectivity index (χ1n) is 23.8. The second-order valence-electron chi connectivity index (χ2n) is 22.5. The Morgan fingerprint density at radius 1 is 0.672 bits per heavy atom. The lowest BCUT2D eigenvalue weighted by atomic mass is 9.35. The number of hydrogen-bond donors (Lipinski definition) is 11. The van der Waals surface area contributed by atoms with Crippen LogP contribution in [0.1, 0.15) is 113 Å². The Kier molecular flexibility index (Phi) is 14.9. The number of allylic oxidation sites excluding steroid dienone is 2. The van der Waals surface area contributed by atoms with E-state index in [9.17, 15) is 56.2 Å². The van der Waals surface area contributed by atoms with E-state index in [2.05, 4.69) is 40.7 Å². The van der Waals surface area contributed by atoms with E-state index in [-0.39, 0.29) is 52.6 Å². The molecule has 0 bridgehead atoms. The smallest absolute Gasteiger partial charge is 0.187 e. The molecule has 3 heterocycles. The van der Waals surface area contributed by atoms with Gasteiger partial charge >= 0.3 is 0 Å². The van der Waals surface area contributed by atoms with Crippen LogP contribution in [0.2, 0.25) is 0 Å². The van der Waals surface area contributed by atoms with Crippen molar-refractivity contribution in [3.8, 4) is 0 Å². The summed E-state index contributed by atoms with van der Waals surface area (Å²) in [5.74, 6) is -0.0478. The van der Waals surface area contributed by atoms with Crippen LogP contribution in [0.4, 0.5) is 0 Å². The number of rotatable bonds is 12. The second-order valence-corrected chi connectivity index (χ2v) is 22.5. The lowest BCUT2D eigenvalue weighted by Gasteiger charge is -2.71. The van der Waals surface area contributed by atoms with Gasteiger partial charge in [0, 0.05) is 0 Å². The topological polar surface area (TPSA) is 278 Å². The minimum atomic E-state index is -1.68. The molecule has 64 heavy (non-hydrogen) atoms. The van der Waals surface area contributed by atoms with E-state index in [0.717, 1.165) is 37.7 Å². The van der Waals surface area contributed by atoms with E-state index in [1.807, 2.05) is 20.8 Å². The fourth-order valence-corrected chi connectivity index (χ4v) is 14.5. The summed E-state index contributed by atoms with van der Waals surface area (Å²) in [6, 6.07) is 0. The van der Waals surface area contributed by atoms with Crippen LogP contribution in [0, 0.1) is 45.3 Å². The summed E-state index contributed by atoms with van der Waals surface area (Å²) in [4.78, 5) is 0. The van der Waals surface area contributed by atoms with Gasteiger partial charge < -0.3 is 84.6 Å². The number of ether oxygens (including phenoxy) is 6. The average Bonchev–Trinajstić information content (AvgIpc) is 3.62. The lowest BCUT2D eigenvalue weighted by Crippen LogP contribution is -2.67. The molecule has 0 amide bonds. The highest BCUT2D eigenvalue weighted by Gasteiger charge is 2.72. The van der Waals surface area contributed by atoms with Crippen molar-refractivity contribution in [2.24, 2.45) is 45.3 Å². The Morgan fingerprint density at radius 3 is 1.94 bits per heavy atom. The molecule has 17 heteroatoms. The summed E-state index contributed by atoms with van der Waals surface area (Å²) in [6.07, 6.45) is -12.4. The fourth-order valence-electron chi connectivity index (χ4n) is 14.5. The number of fused-ring (bicyclic) bond motifs is 5. The molecule has 3 saturated heterocycles. The van der Waals surface area contributed by atoms with Crippen molar-refractivity contribution in [3.63, 3.8) is 0 Å². The monoisotopic (exact) mass is 917 g/mol. The zero-order valence-electron chi connectivity index (χ0n) is 39.0. The second kappa shape index (κ2) is 18.8. The van der Waals surface area contributed by atoms with Gasteiger partial charge in [0.2, 0.25) is 0 Å². The maximum Gasteiger partial charge on any atom is 0.187 e. The van der Waals surface area contributed by atoms with Crippen molar-refractivity contribution >= 4 is 0 Å². The van der Waals surface area contributed by atoms with Crippen LogP contribution in [0.25, 0.3) is 0 Å². The molecule has 0 radical (unpaired) electrons. The third kappa shape index (κ3) is 8.60. The molecule has 2 unspecified atom stereocenters. The summed E-state index contributed by atoms with van der Waals surface area (Å²) in [5.41, 5.74) is -0.948. The van der Waals surface area contributed by atoms with Crippen LogP contribution in [0.5, 0.6) is 0 Å². The summed E-state index contributed by atoms with van der Waals surface area (Å²) in [6.45, 7) is 16.3. The Labute approximate surface area is 377 Å². The summed E-state index contributed by atoms with van der Waals surface area (Å²) in [5, 5.41) is 118. The van der Waals surface area contributed by atoms with Crippen molar-refractivity contribution in [1.29, 1.82) is 0 Å². The summed E-state index contributed by atoms with van der Waals surface area (Å²) < 4.78 is 36.5. The van der Waals surface area contributed by atoms with Gasteiger partial charge in [0.25, 0.3) is 0 Å². The molecule has 3 aliphatic heterocycles. The summed E-state index contributed by atoms with van der Waals surface area (Å²) in [7, 11) is 0. The van der Waals surface area contributed by atoms with Crippen LogP contribution >= 0.6 is 0 Å². The van der Waals surface area contributed by atoms with Gasteiger partial charge in [-0.15, -0.1) is 0 Å². The molecule has 0 spiro atoms. The third-order valence-electron chi connectivity index (χ3n) is 18.4. The van der Waals surface area contributed by atoms with E-state index >= 15 is 0 Å². The number of aliphatic hydroxyl groups is 11. The van der Waals surface area contributed by atoms with Gasteiger partial charge in [0.05, 0.1) is 37.6 Å². The predicted octanol–water partition coefficient (Wildman–Crippen LogP) is 0.612. The highest BCUT2D eigenvalue weighted by molar-refractivity contribution is 5.20. The van der Waals surface area contributed by atoms with Crippen molar-refractivity contribution in [2.75, 3.05) is 19.8 Å². The van der Waals surface area contributed by atoms with Crippen molar-refractivity contribution in [3.05, 3.63) is 11.6 Å². The lowest BCUT2D eigenvalue weighted by molar-refractivity contribution is -0.346. The first kappa shape index (κ1) is 50.9. The van der Waals surface area contributed by atoms with E-state index in [4.69, 9.17) is 28.4 Å². The largest absolute Gasteiger partial charge is 0.394 e. The maximum atomic E-state index is 12.7. The van der Waals surface area contributed by atoms with Gasteiger partial charge in [-0.25, -0.2) is 0 Å². The van der Waals surface area contributed by atoms with E-state index in [1.54, 1.807) is 0 Å². The van der Waals surface area contributed by atoms with Crippen molar-refractivity contribution in [1.82, 2.24) is 0 Å².